The Morgan fingerprint density at radius 1 is 1.40 bits per heavy atom. The Labute approximate surface area is 97.8 Å². The normalized spacial score (nSPS) is 11.5. The Morgan fingerprint density at radius 2 is 1.93 bits per heavy atom. The first-order valence-corrected chi connectivity index (χ1v) is 4.99. The lowest BCUT2D eigenvalue weighted by atomic mass is 10.0. The largest absolute Gasteiger partial charge is 0.419 e. The number of Topliss-reactive ketones (excluding diaryl/α,β-unsaturated/α-hetero) is 1. The van der Waals surface area contributed by atoms with Crippen LogP contribution in [0.3, 0.4) is 0 Å². The topological polar surface area (TPSA) is 43.1 Å². The van der Waals surface area contributed by atoms with Crippen molar-refractivity contribution in [3.63, 3.8) is 0 Å². The molecule has 0 spiro atoms. The number of benzene rings is 1. The zero-order valence-electron chi connectivity index (χ0n) is 7.65. The molecule has 0 aliphatic carbocycles. The van der Waals surface area contributed by atoms with Gasteiger partial charge in [-0.05, 0) is 41.6 Å². The lowest BCUT2D eigenvalue weighted by Crippen LogP contribution is -2.14. The van der Waals surface area contributed by atoms with Crippen molar-refractivity contribution in [1.82, 2.24) is 0 Å². The molecule has 0 fully saturated rings. The van der Waals surface area contributed by atoms with Gasteiger partial charge >= 0.3 is 6.18 Å². The molecule has 0 aliphatic rings. The van der Waals surface area contributed by atoms with E-state index < -0.39 is 23.2 Å². The molecule has 0 amide bonds. The van der Waals surface area contributed by atoms with Crippen LogP contribution in [-0.2, 0) is 6.18 Å². The Kier molecular flexibility index (Phi) is 3.27. The maximum absolute atomic E-state index is 12.6. The van der Waals surface area contributed by atoms with E-state index in [1.165, 1.54) is 19.1 Å². The van der Waals surface area contributed by atoms with Crippen molar-refractivity contribution in [3.8, 4) is 0 Å². The molecule has 0 saturated carbocycles. The maximum atomic E-state index is 12.6. The molecule has 1 aromatic rings. The zero-order chi connectivity index (χ0) is 11.8. The van der Waals surface area contributed by atoms with Gasteiger partial charge in [-0.1, -0.05) is 0 Å². The fraction of sp³-hybridized carbons (Fsp3) is 0.222. The van der Waals surface area contributed by atoms with Gasteiger partial charge in [-0.2, -0.15) is 13.2 Å². The summed E-state index contributed by atoms with van der Waals surface area (Å²) in [4.78, 5) is 11.0. The van der Waals surface area contributed by atoms with Gasteiger partial charge < -0.3 is 5.73 Å². The van der Waals surface area contributed by atoms with Crippen LogP contribution < -0.4 is 5.73 Å². The van der Waals surface area contributed by atoms with Crippen LogP contribution in [0.2, 0.25) is 0 Å². The predicted molar refractivity (Wildman–Crippen MR) is 58.6 cm³/mol. The van der Waals surface area contributed by atoms with Crippen molar-refractivity contribution in [2.75, 3.05) is 5.73 Å². The summed E-state index contributed by atoms with van der Waals surface area (Å²) in [7, 11) is 0. The van der Waals surface area contributed by atoms with Crippen LogP contribution in [0.15, 0.2) is 12.1 Å². The number of ketones is 1. The van der Waals surface area contributed by atoms with Crippen LogP contribution in [0.1, 0.15) is 22.8 Å². The second-order valence-electron chi connectivity index (χ2n) is 2.94. The number of hydrogen-bond acceptors (Lipinski definition) is 2. The molecule has 1 aromatic carbocycles. The second-order valence-corrected chi connectivity index (χ2v) is 4.10. The van der Waals surface area contributed by atoms with Crippen LogP contribution in [0, 0.1) is 3.57 Å². The number of carbonyl (C=O) groups excluding carboxylic acids is 1. The molecule has 2 nitrogen and oxygen atoms in total. The number of carbonyl (C=O) groups is 1. The molecule has 15 heavy (non-hydrogen) atoms. The second kappa shape index (κ2) is 3.99. The van der Waals surface area contributed by atoms with Crippen LogP contribution in [0.4, 0.5) is 18.9 Å². The third-order valence-corrected chi connectivity index (χ3v) is 2.76. The molecule has 0 aromatic heterocycles. The summed E-state index contributed by atoms with van der Waals surface area (Å²) in [5.41, 5.74) is 3.80. The Hall–Kier alpha value is -0.790. The molecule has 0 heterocycles. The minimum Gasteiger partial charge on any atom is -0.398 e. The Morgan fingerprint density at radius 3 is 2.33 bits per heavy atom. The van der Waals surface area contributed by atoms with Gasteiger partial charge in [-0.15, -0.1) is 0 Å². The van der Waals surface area contributed by atoms with Gasteiger partial charge in [0.1, 0.15) is 0 Å². The SMILES string of the molecule is CC(=O)c1ccc(I)c(C(F)(F)F)c1N. The first kappa shape index (κ1) is 12.3. The lowest BCUT2D eigenvalue weighted by Gasteiger charge is -2.14. The van der Waals surface area contributed by atoms with Gasteiger partial charge in [0.2, 0.25) is 0 Å². The number of anilines is 1. The highest BCUT2D eigenvalue weighted by molar-refractivity contribution is 14.1. The van der Waals surface area contributed by atoms with Gasteiger partial charge in [-0.3, -0.25) is 4.79 Å². The van der Waals surface area contributed by atoms with E-state index in [4.69, 9.17) is 5.73 Å². The zero-order valence-corrected chi connectivity index (χ0v) is 9.81. The molecule has 1 rings (SSSR count). The van der Waals surface area contributed by atoms with Crippen LogP contribution in [0.5, 0.6) is 0 Å². The van der Waals surface area contributed by atoms with Crippen molar-refractivity contribution in [1.29, 1.82) is 0 Å². The number of alkyl halides is 3. The molecule has 82 valence electrons. The summed E-state index contributed by atoms with van der Waals surface area (Å²) in [6.07, 6.45) is -4.54. The van der Waals surface area contributed by atoms with Crippen molar-refractivity contribution in [3.05, 3.63) is 26.8 Å². The van der Waals surface area contributed by atoms with Gasteiger partial charge in [0.25, 0.3) is 0 Å². The third kappa shape index (κ3) is 2.42. The molecule has 2 N–H and O–H groups in total. The number of rotatable bonds is 1. The van der Waals surface area contributed by atoms with E-state index in [1.54, 1.807) is 22.6 Å². The summed E-state index contributed by atoms with van der Waals surface area (Å²) in [6, 6.07) is 2.53. The smallest absolute Gasteiger partial charge is 0.398 e. The maximum Gasteiger partial charge on any atom is 0.419 e. The number of halogens is 4. The number of nitrogen functional groups attached to an aromatic ring is 1. The molecular weight excluding hydrogens is 322 g/mol. The van der Waals surface area contributed by atoms with Gasteiger partial charge in [-0.25, -0.2) is 0 Å². The van der Waals surface area contributed by atoms with Gasteiger partial charge in [0, 0.05) is 9.13 Å². The van der Waals surface area contributed by atoms with Crippen molar-refractivity contribution >= 4 is 34.1 Å². The summed E-state index contributed by atoms with van der Waals surface area (Å²) in [6.45, 7) is 1.18. The molecule has 0 unspecified atom stereocenters. The van der Waals surface area contributed by atoms with E-state index in [0.29, 0.717) is 0 Å². The highest BCUT2D eigenvalue weighted by Crippen LogP contribution is 2.38. The summed E-state index contributed by atoms with van der Waals surface area (Å²) in [5.74, 6) is -0.477. The monoisotopic (exact) mass is 329 g/mol. The highest BCUT2D eigenvalue weighted by Gasteiger charge is 2.36. The van der Waals surface area contributed by atoms with Crippen LogP contribution in [-0.4, -0.2) is 5.78 Å². The molecule has 0 bridgehead atoms. The van der Waals surface area contributed by atoms with E-state index in [1.807, 2.05) is 0 Å². The standard InChI is InChI=1S/C9H7F3INO/c1-4(15)5-2-3-6(13)7(8(5)14)9(10,11)12/h2-3H,14H2,1H3. The van der Waals surface area contributed by atoms with Crippen LogP contribution in [0.25, 0.3) is 0 Å². The average molecular weight is 329 g/mol. The van der Waals surface area contributed by atoms with Crippen molar-refractivity contribution in [2.45, 2.75) is 13.1 Å². The summed E-state index contributed by atoms with van der Waals surface area (Å²) in [5, 5.41) is 0. The fourth-order valence-corrected chi connectivity index (χ4v) is 1.96. The fourth-order valence-electron chi connectivity index (χ4n) is 1.19. The molecular formula is C9H7F3INO. The van der Waals surface area contributed by atoms with E-state index in [0.717, 1.165) is 0 Å². The Balaban J connectivity index is 3.51. The molecule has 0 saturated heterocycles. The van der Waals surface area contributed by atoms with Crippen LogP contribution >= 0.6 is 22.6 Å². The van der Waals surface area contributed by atoms with E-state index in [-0.39, 0.29) is 9.13 Å². The third-order valence-electron chi connectivity index (χ3n) is 1.86. The molecule has 6 heteroatoms. The highest BCUT2D eigenvalue weighted by atomic mass is 127. The first-order chi connectivity index (χ1) is 6.75. The summed E-state index contributed by atoms with van der Waals surface area (Å²) >= 11 is 1.54. The number of nitrogens with two attached hydrogens (primary N) is 1. The van der Waals surface area contributed by atoms with Crippen molar-refractivity contribution < 1.29 is 18.0 Å². The summed E-state index contributed by atoms with van der Waals surface area (Å²) < 4.78 is 37.7. The minimum absolute atomic E-state index is 0.0115. The molecule has 0 atom stereocenters. The van der Waals surface area contributed by atoms with E-state index in [9.17, 15) is 18.0 Å². The molecule has 0 aliphatic heterocycles. The predicted octanol–water partition coefficient (Wildman–Crippen LogP) is 3.09. The van der Waals surface area contributed by atoms with Gasteiger partial charge in [0.05, 0.1) is 11.3 Å². The lowest BCUT2D eigenvalue weighted by molar-refractivity contribution is -0.137. The van der Waals surface area contributed by atoms with E-state index in [2.05, 4.69) is 0 Å². The van der Waals surface area contributed by atoms with Crippen molar-refractivity contribution in [2.24, 2.45) is 0 Å². The first-order valence-electron chi connectivity index (χ1n) is 3.91. The quantitative estimate of drug-likeness (QED) is 0.489. The average Bonchev–Trinajstić information content (AvgIpc) is 2.00. The van der Waals surface area contributed by atoms with E-state index >= 15 is 0 Å². The Bertz CT molecular complexity index is 415. The molecule has 0 radical (unpaired) electrons. The number of hydrogen-bond donors (Lipinski definition) is 1. The minimum atomic E-state index is -4.54. The van der Waals surface area contributed by atoms with Gasteiger partial charge in [0.15, 0.2) is 5.78 Å².